The lowest BCUT2D eigenvalue weighted by Crippen LogP contribution is -2.13. The van der Waals surface area contributed by atoms with Gasteiger partial charge in [0, 0.05) is 0 Å². The van der Waals surface area contributed by atoms with Gasteiger partial charge in [-0.3, -0.25) is 0 Å². The summed E-state index contributed by atoms with van der Waals surface area (Å²) in [7, 11) is 0. The first-order valence-electron chi connectivity index (χ1n) is 4.11. The number of carbonyl (C=O) groups is 1. The SMILES string of the molecule is O=C(I)OCC1CCCCC1. The van der Waals surface area contributed by atoms with Crippen molar-refractivity contribution in [2.45, 2.75) is 32.1 Å². The van der Waals surface area contributed by atoms with E-state index in [2.05, 4.69) is 0 Å². The second-order valence-corrected chi connectivity index (χ2v) is 3.93. The Morgan fingerprint density at radius 2 is 2.00 bits per heavy atom. The maximum Gasteiger partial charge on any atom is 0.367 e. The van der Waals surface area contributed by atoms with Gasteiger partial charge in [0.25, 0.3) is 0 Å². The number of hydrogen-bond donors (Lipinski definition) is 0. The predicted molar refractivity (Wildman–Crippen MR) is 51.9 cm³/mol. The summed E-state index contributed by atoms with van der Waals surface area (Å²) < 4.78 is 4.76. The molecule has 0 amide bonds. The highest BCUT2D eigenvalue weighted by Gasteiger charge is 2.14. The van der Waals surface area contributed by atoms with Crippen LogP contribution in [0.2, 0.25) is 0 Å². The molecule has 0 unspecified atom stereocenters. The van der Waals surface area contributed by atoms with Crippen molar-refractivity contribution in [1.82, 2.24) is 0 Å². The fourth-order valence-corrected chi connectivity index (χ4v) is 1.72. The van der Waals surface area contributed by atoms with Crippen LogP contribution in [0.1, 0.15) is 32.1 Å². The first-order valence-corrected chi connectivity index (χ1v) is 5.19. The van der Waals surface area contributed by atoms with Gasteiger partial charge in [0.15, 0.2) is 0 Å². The average molecular weight is 268 g/mol. The second-order valence-electron chi connectivity index (χ2n) is 3.05. The molecule has 0 saturated heterocycles. The van der Waals surface area contributed by atoms with Gasteiger partial charge in [0.1, 0.15) is 0 Å². The van der Waals surface area contributed by atoms with E-state index in [1.807, 2.05) is 0 Å². The zero-order valence-corrected chi connectivity index (χ0v) is 8.67. The van der Waals surface area contributed by atoms with Crippen LogP contribution in [-0.4, -0.2) is 10.6 Å². The lowest BCUT2D eigenvalue weighted by Gasteiger charge is -2.20. The third-order valence-electron chi connectivity index (χ3n) is 2.16. The number of rotatable bonds is 2. The molecular weight excluding hydrogens is 255 g/mol. The van der Waals surface area contributed by atoms with Crippen LogP contribution in [0, 0.1) is 5.92 Å². The Kier molecular flexibility index (Phi) is 4.18. The van der Waals surface area contributed by atoms with Crippen molar-refractivity contribution in [3.8, 4) is 0 Å². The van der Waals surface area contributed by atoms with E-state index in [0.717, 1.165) is 0 Å². The third kappa shape index (κ3) is 3.94. The maximum absolute atomic E-state index is 10.5. The van der Waals surface area contributed by atoms with E-state index < -0.39 is 0 Å². The van der Waals surface area contributed by atoms with Gasteiger partial charge in [0.05, 0.1) is 29.2 Å². The van der Waals surface area contributed by atoms with Gasteiger partial charge in [-0.25, -0.2) is 4.79 Å². The highest BCUT2D eigenvalue weighted by Crippen LogP contribution is 2.23. The lowest BCUT2D eigenvalue weighted by atomic mass is 9.90. The molecule has 1 fully saturated rings. The average Bonchev–Trinajstić information content (AvgIpc) is 2.03. The van der Waals surface area contributed by atoms with Crippen molar-refractivity contribution in [1.29, 1.82) is 0 Å². The van der Waals surface area contributed by atoms with Gasteiger partial charge in [0.2, 0.25) is 0 Å². The highest BCUT2D eigenvalue weighted by atomic mass is 127. The Morgan fingerprint density at radius 3 is 2.55 bits per heavy atom. The van der Waals surface area contributed by atoms with Crippen LogP contribution in [0.15, 0.2) is 0 Å². The summed E-state index contributed by atoms with van der Waals surface area (Å²) in [4.78, 5) is 10.5. The molecule has 0 heterocycles. The molecule has 3 heteroatoms. The molecule has 1 saturated carbocycles. The molecule has 0 aromatic heterocycles. The zero-order valence-electron chi connectivity index (χ0n) is 6.51. The van der Waals surface area contributed by atoms with Gasteiger partial charge in [-0.1, -0.05) is 19.3 Å². The largest absolute Gasteiger partial charge is 0.458 e. The van der Waals surface area contributed by atoms with Crippen molar-refractivity contribution >= 4 is 26.6 Å². The molecule has 0 spiro atoms. The quantitative estimate of drug-likeness (QED) is 0.568. The molecule has 2 nitrogen and oxygen atoms in total. The Hall–Kier alpha value is 0.200. The minimum Gasteiger partial charge on any atom is -0.458 e. The number of ether oxygens (including phenoxy) is 1. The molecule has 64 valence electrons. The molecular formula is C8H13IO2. The van der Waals surface area contributed by atoms with E-state index in [1.54, 1.807) is 22.6 Å². The molecule has 0 bridgehead atoms. The highest BCUT2D eigenvalue weighted by molar-refractivity contribution is 14.1. The van der Waals surface area contributed by atoms with Crippen LogP contribution in [0.5, 0.6) is 0 Å². The monoisotopic (exact) mass is 268 g/mol. The zero-order chi connectivity index (χ0) is 8.10. The van der Waals surface area contributed by atoms with Gasteiger partial charge < -0.3 is 4.74 Å². The summed E-state index contributed by atoms with van der Waals surface area (Å²) in [6, 6.07) is 0. The van der Waals surface area contributed by atoms with Gasteiger partial charge in [-0.2, -0.15) is 0 Å². The molecule has 11 heavy (non-hydrogen) atoms. The van der Waals surface area contributed by atoms with Crippen LogP contribution in [0.4, 0.5) is 4.79 Å². The topological polar surface area (TPSA) is 26.3 Å². The van der Waals surface area contributed by atoms with Gasteiger partial charge in [-0.05, 0) is 18.8 Å². The summed E-state index contributed by atoms with van der Waals surface area (Å²) >= 11 is 1.68. The predicted octanol–water partition coefficient (Wildman–Crippen LogP) is 3.14. The van der Waals surface area contributed by atoms with Gasteiger partial charge in [-0.15, -0.1) is 0 Å². The Balaban J connectivity index is 2.09. The van der Waals surface area contributed by atoms with Crippen LogP contribution in [0.25, 0.3) is 0 Å². The van der Waals surface area contributed by atoms with Crippen LogP contribution < -0.4 is 0 Å². The third-order valence-corrected chi connectivity index (χ3v) is 2.47. The first-order chi connectivity index (χ1) is 5.29. The summed E-state index contributed by atoms with van der Waals surface area (Å²) in [6.07, 6.45) is 6.45. The lowest BCUT2D eigenvalue weighted by molar-refractivity contribution is 0.142. The molecule has 0 radical (unpaired) electrons. The van der Waals surface area contributed by atoms with Crippen LogP contribution >= 0.6 is 22.6 Å². The molecule has 1 aliphatic rings. The van der Waals surface area contributed by atoms with Crippen molar-refractivity contribution in [2.24, 2.45) is 5.92 Å². The van der Waals surface area contributed by atoms with Crippen molar-refractivity contribution in [3.05, 3.63) is 0 Å². The fourth-order valence-electron chi connectivity index (χ4n) is 1.54. The van der Waals surface area contributed by atoms with E-state index in [-0.39, 0.29) is 3.98 Å². The molecule has 0 aromatic rings. The number of carbonyl (C=O) groups excluding carboxylic acids is 1. The Bertz CT molecular complexity index is 130. The molecule has 0 aliphatic heterocycles. The fraction of sp³-hybridized carbons (Fsp3) is 0.875. The second kappa shape index (κ2) is 4.95. The normalized spacial score (nSPS) is 19.7. The van der Waals surface area contributed by atoms with Crippen molar-refractivity contribution in [2.75, 3.05) is 6.61 Å². The first kappa shape index (κ1) is 9.29. The van der Waals surface area contributed by atoms with E-state index in [4.69, 9.17) is 4.74 Å². The van der Waals surface area contributed by atoms with E-state index >= 15 is 0 Å². The van der Waals surface area contributed by atoms with Crippen molar-refractivity contribution < 1.29 is 9.53 Å². The number of halogens is 1. The summed E-state index contributed by atoms with van der Waals surface area (Å²) in [5.74, 6) is 0.641. The molecule has 1 aliphatic carbocycles. The van der Waals surface area contributed by atoms with Gasteiger partial charge >= 0.3 is 3.98 Å². The van der Waals surface area contributed by atoms with Crippen molar-refractivity contribution in [3.63, 3.8) is 0 Å². The minimum absolute atomic E-state index is 0.173. The summed E-state index contributed by atoms with van der Waals surface area (Å²) in [5, 5.41) is 0. The minimum atomic E-state index is -0.173. The van der Waals surface area contributed by atoms with Crippen LogP contribution in [-0.2, 0) is 4.74 Å². The summed E-state index contributed by atoms with van der Waals surface area (Å²) in [6.45, 7) is 0.641. The Morgan fingerprint density at radius 1 is 1.36 bits per heavy atom. The molecule has 1 rings (SSSR count). The molecule has 0 N–H and O–H groups in total. The van der Waals surface area contributed by atoms with E-state index in [0.29, 0.717) is 12.5 Å². The Labute approximate surface area is 80.8 Å². The molecule has 0 atom stereocenters. The standard InChI is InChI=1S/C8H13IO2/c9-8(10)11-6-7-4-2-1-3-5-7/h7H,1-6H2. The smallest absolute Gasteiger partial charge is 0.367 e. The van der Waals surface area contributed by atoms with Crippen LogP contribution in [0.3, 0.4) is 0 Å². The number of hydrogen-bond acceptors (Lipinski definition) is 2. The summed E-state index contributed by atoms with van der Waals surface area (Å²) in [5.41, 5.74) is 0. The molecule has 0 aromatic carbocycles. The van der Waals surface area contributed by atoms with E-state index in [9.17, 15) is 4.79 Å². The van der Waals surface area contributed by atoms with E-state index in [1.165, 1.54) is 32.1 Å². The maximum atomic E-state index is 10.5.